The second kappa shape index (κ2) is 16.0. The number of carbonyl (C=O) groups is 1. The number of aromatic nitrogens is 2. The first-order valence-electron chi connectivity index (χ1n) is 15.4. The Morgan fingerprint density at radius 3 is 2.24 bits per heavy atom. The van der Waals surface area contributed by atoms with Gasteiger partial charge in [0.1, 0.15) is 11.5 Å². The van der Waals surface area contributed by atoms with Crippen LogP contribution in [-0.4, -0.2) is 44.1 Å². The van der Waals surface area contributed by atoms with Crippen molar-refractivity contribution in [2.75, 3.05) is 6.61 Å². The second-order valence-electron chi connectivity index (χ2n) is 11.6. The van der Waals surface area contributed by atoms with E-state index in [1.54, 1.807) is 42.5 Å². The largest absolute Gasteiger partial charge is 0.492 e. The Balaban J connectivity index is 0.000000191. The average Bonchev–Trinajstić information content (AvgIpc) is 3.71. The van der Waals surface area contributed by atoms with Crippen molar-refractivity contribution in [2.24, 2.45) is 5.92 Å². The monoisotopic (exact) mass is 701 g/mol. The number of aliphatic hydroxyl groups is 2. The third kappa shape index (κ3) is 8.96. The van der Waals surface area contributed by atoms with E-state index in [0.717, 1.165) is 28.7 Å². The summed E-state index contributed by atoms with van der Waals surface area (Å²) in [7, 11) is 0. The average molecular weight is 703 g/mol. The lowest BCUT2D eigenvalue weighted by atomic mass is 9.99. The number of rotatable bonds is 11. The molecule has 252 valence electrons. The molecule has 2 unspecified atom stereocenters. The molecular weight excluding hydrogens is 669 g/mol. The fourth-order valence-corrected chi connectivity index (χ4v) is 5.57. The Bertz CT molecular complexity index is 1970. The molecule has 2 atom stereocenters. The number of aliphatic hydroxyl groups excluding tert-OH is 2. The van der Waals surface area contributed by atoms with Gasteiger partial charge in [-0.05, 0) is 97.5 Å². The molecule has 12 heteroatoms. The Labute approximate surface area is 293 Å². The molecule has 6 rings (SSSR count). The van der Waals surface area contributed by atoms with E-state index in [-0.39, 0.29) is 36.7 Å². The van der Waals surface area contributed by atoms with Gasteiger partial charge in [0.2, 0.25) is 5.82 Å². The number of nitrogens with zero attached hydrogens (tertiary/aromatic N) is 3. The van der Waals surface area contributed by atoms with E-state index in [9.17, 15) is 15.0 Å². The topological polar surface area (TPSA) is 159 Å². The molecular formula is C37H33Cl2N3O7. The summed E-state index contributed by atoms with van der Waals surface area (Å²) in [6.45, 7) is 4.18. The smallest absolute Gasteiger partial charge is 0.335 e. The molecule has 0 amide bonds. The molecule has 4 aromatic carbocycles. The standard InChI is InChI=1S/C19H16ClNO4.C18H17ClN2O3/c20-17-6-11(8-21)2-4-18(17)25-10-13-7-15(13)16-5-12(9-22)1-3-14(16)19(23)24;1-11(2)23-16-8-7-14(9-15(16)19)17-20-18(24-21-17)13-5-3-12(10-22)4-6-13/h1-6,13,15,22H,7,9-10H2,(H,23,24);3-9,11,22H,10H2,1-2H3. The lowest BCUT2D eigenvalue weighted by Crippen LogP contribution is -2.06. The number of carboxylic acid groups (broad SMARTS) is 1. The molecule has 0 bridgehead atoms. The summed E-state index contributed by atoms with van der Waals surface area (Å²) in [5.41, 5.74) is 4.52. The van der Waals surface area contributed by atoms with Crippen molar-refractivity contribution in [2.45, 2.75) is 45.5 Å². The second-order valence-corrected chi connectivity index (χ2v) is 12.5. The van der Waals surface area contributed by atoms with Gasteiger partial charge in [0.25, 0.3) is 5.89 Å². The van der Waals surface area contributed by atoms with Gasteiger partial charge in [-0.25, -0.2) is 4.79 Å². The maximum atomic E-state index is 11.4. The first-order chi connectivity index (χ1) is 23.6. The summed E-state index contributed by atoms with van der Waals surface area (Å²) in [5, 5.41) is 41.4. The van der Waals surface area contributed by atoms with E-state index in [0.29, 0.717) is 51.0 Å². The summed E-state index contributed by atoms with van der Waals surface area (Å²) < 4.78 is 16.7. The summed E-state index contributed by atoms with van der Waals surface area (Å²) in [4.78, 5) is 15.8. The lowest BCUT2D eigenvalue weighted by molar-refractivity contribution is 0.0695. The molecule has 49 heavy (non-hydrogen) atoms. The number of ether oxygens (including phenoxy) is 2. The minimum atomic E-state index is -0.971. The number of carboxylic acids is 1. The van der Waals surface area contributed by atoms with Crippen molar-refractivity contribution < 1.29 is 34.1 Å². The van der Waals surface area contributed by atoms with Gasteiger partial charge in [0.05, 0.1) is 53.2 Å². The summed E-state index contributed by atoms with van der Waals surface area (Å²) in [5.74, 6) is 1.31. The van der Waals surface area contributed by atoms with Crippen molar-refractivity contribution >= 4 is 29.2 Å². The number of nitriles is 1. The van der Waals surface area contributed by atoms with Crippen molar-refractivity contribution in [3.8, 4) is 40.4 Å². The van der Waals surface area contributed by atoms with E-state index in [1.165, 1.54) is 6.07 Å². The third-order valence-corrected chi connectivity index (χ3v) is 8.32. The van der Waals surface area contributed by atoms with E-state index in [1.807, 2.05) is 50.2 Å². The molecule has 1 aromatic heterocycles. The van der Waals surface area contributed by atoms with E-state index >= 15 is 0 Å². The predicted octanol–water partition coefficient (Wildman–Crippen LogP) is 7.92. The molecule has 1 heterocycles. The maximum absolute atomic E-state index is 11.4. The number of aromatic carboxylic acids is 1. The number of hydrogen-bond acceptors (Lipinski definition) is 9. The number of benzene rings is 4. The Morgan fingerprint density at radius 1 is 0.939 bits per heavy atom. The molecule has 5 aromatic rings. The van der Waals surface area contributed by atoms with Gasteiger partial charge in [-0.2, -0.15) is 10.2 Å². The summed E-state index contributed by atoms with van der Waals surface area (Å²) >= 11 is 12.3. The molecule has 0 spiro atoms. The number of halogens is 2. The highest BCUT2D eigenvalue weighted by molar-refractivity contribution is 6.32. The molecule has 0 aliphatic heterocycles. The molecule has 1 aliphatic rings. The van der Waals surface area contributed by atoms with Crippen LogP contribution in [0, 0.1) is 17.2 Å². The molecule has 0 saturated heterocycles. The van der Waals surface area contributed by atoms with Crippen LogP contribution in [0.3, 0.4) is 0 Å². The van der Waals surface area contributed by atoms with Crippen molar-refractivity contribution in [3.05, 3.63) is 117 Å². The van der Waals surface area contributed by atoms with E-state index < -0.39 is 5.97 Å². The van der Waals surface area contributed by atoms with Gasteiger partial charge in [-0.1, -0.05) is 52.6 Å². The van der Waals surface area contributed by atoms with Gasteiger partial charge in [-0.3, -0.25) is 0 Å². The minimum absolute atomic E-state index is 0.00133. The van der Waals surface area contributed by atoms with E-state index in [4.69, 9.17) is 47.6 Å². The minimum Gasteiger partial charge on any atom is -0.492 e. The van der Waals surface area contributed by atoms with Crippen LogP contribution in [0.25, 0.3) is 22.8 Å². The van der Waals surface area contributed by atoms with Gasteiger partial charge < -0.3 is 29.3 Å². The van der Waals surface area contributed by atoms with Crippen LogP contribution in [0.5, 0.6) is 11.5 Å². The summed E-state index contributed by atoms with van der Waals surface area (Å²) in [6, 6.07) is 24.4. The highest BCUT2D eigenvalue weighted by Crippen LogP contribution is 2.49. The summed E-state index contributed by atoms with van der Waals surface area (Å²) in [6.07, 6.45) is 0.871. The fourth-order valence-electron chi connectivity index (χ4n) is 5.11. The molecule has 1 fully saturated rings. The molecule has 1 aliphatic carbocycles. The van der Waals surface area contributed by atoms with Crippen LogP contribution in [0.2, 0.25) is 10.0 Å². The van der Waals surface area contributed by atoms with Crippen LogP contribution >= 0.6 is 23.2 Å². The highest BCUT2D eigenvalue weighted by Gasteiger charge is 2.41. The number of hydrogen-bond donors (Lipinski definition) is 3. The van der Waals surface area contributed by atoms with Crippen molar-refractivity contribution in [3.63, 3.8) is 0 Å². The molecule has 3 N–H and O–H groups in total. The lowest BCUT2D eigenvalue weighted by Gasteiger charge is -2.11. The normalized spacial score (nSPS) is 14.8. The zero-order chi connectivity index (χ0) is 35.1. The van der Waals surface area contributed by atoms with Gasteiger partial charge >= 0.3 is 5.97 Å². The first kappa shape index (κ1) is 35.4. The Kier molecular flexibility index (Phi) is 11.5. The van der Waals surface area contributed by atoms with Crippen LogP contribution in [-0.2, 0) is 13.2 Å². The maximum Gasteiger partial charge on any atom is 0.335 e. The molecule has 1 saturated carbocycles. The quantitative estimate of drug-likeness (QED) is 0.123. The van der Waals surface area contributed by atoms with E-state index in [2.05, 4.69) is 10.1 Å². The van der Waals surface area contributed by atoms with Gasteiger partial charge in [0, 0.05) is 17.0 Å². The Hall–Kier alpha value is -4.92. The zero-order valence-corrected chi connectivity index (χ0v) is 28.2. The Morgan fingerprint density at radius 2 is 1.61 bits per heavy atom. The van der Waals surface area contributed by atoms with Crippen LogP contribution in [0.15, 0.2) is 83.4 Å². The highest BCUT2D eigenvalue weighted by atomic mass is 35.5. The predicted molar refractivity (Wildman–Crippen MR) is 184 cm³/mol. The zero-order valence-electron chi connectivity index (χ0n) is 26.6. The first-order valence-corrected chi connectivity index (χ1v) is 16.2. The van der Waals surface area contributed by atoms with Crippen molar-refractivity contribution in [1.29, 1.82) is 5.26 Å². The van der Waals surface area contributed by atoms with Crippen LogP contribution < -0.4 is 9.47 Å². The molecule has 0 radical (unpaired) electrons. The SMILES string of the molecule is CC(C)Oc1ccc(-c2noc(-c3ccc(CO)cc3)n2)cc1Cl.N#Cc1ccc(OCC2CC2c2cc(CO)ccc2C(=O)O)c(Cl)c1. The third-order valence-electron chi connectivity index (χ3n) is 7.73. The molecule has 10 nitrogen and oxygen atoms in total. The fraction of sp³-hybridized carbons (Fsp3) is 0.243. The van der Waals surface area contributed by atoms with Crippen LogP contribution in [0.1, 0.15) is 58.8 Å². The van der Waals surface area contributed by atoms with Crippen LogP contribution in [0.4, 0.5) is 0 Å². The van der Waals surface area contributed by atoms with Gasteiger partial charge in [0.15, 0.2) is 0 Å². The van der Waals surface area contributed by atoms with Gasteiger partial charge in [-0.15, -0.1) is 0 Å². The van der Waals surface area contributed by atoms with Crippen molar-refractivity contribution in [1.82, 2.24) is 10.1 Å².